The third-order valence-corrected chi connectivity index (χ3v) is 4.77. The van der Waals surface area contributed by atoms with Gasteiger partial charge in [0.25, 0.3) is 0 Å². The molecule has 1 amide bonds. The van der Waals surface area contributed by atoms with Crippen LogP contribution in [0.1, 0.15) is 30.7 Å². The van der Waals surface area contributed by atoms with Gasteiger partial charge in [-0.2, -0.15) is 4.98 Å². The predicted molar refractivity (Wildman–Crippen MR) is 98.0 cm³/mol. The number of carboxylic acids is 1. The minimum Gasteiger partial charge on any atom is -0.480 e. The highest BCUT2D eigenvalue weighted by atomic mass is 16.5. The molecule has 1 aliphatic rings. The molecule has 0 unspecified atom stereocenters. The standard InChI is InChI=1S/C19H24N4O4/c1-12-6-8-13(9-7-12)18-21-17(27-22-18)5-3-4-16(24)20-14-10-15(19(25)26)23(2)11-14/h6-9,14-15H,3-5,10-11H2,1-2H3,(H,20,24)(H,25,26)/t14-,15-/m0/s1. The van der Waals surface area contributed by atoms with Crippen LogP contribution in [0.25, 0.3) is 11.4 Å². The maximum absolute atomic E-state index is 12.1. The van der Waals surface area contributed by atoms with Crippen molar-refractivity contribution in [3.05, 3.63) is 35.7 Å². The quantitative estimate of drug-likeness (QED) is 0.760. The lowest BCUT2D eigenvalue weighted by molar-refractivity contribution is -0.141. The summed E-state index contributed by atoms with van der Waals surface area (Å²) >= 11 is 0. The first kappa shape index (κ1) is 19.0. The number of carboxylic acid groups (broad SMARTS) is 1. The lowest BCUT2D eigenvalue weighted by Crippen LogP contribution is -2.36. The molecule has 2 aromatic rings. The first-order valence-corrected chi connectivity index (χ1v) is 9.04. The second-order valence-electron chi connectivity index (χ2n) is 7.03. The van der Waals surface area contributed by atoms with Gasteiger partial charge in [0.1, 0.15) is 6.04 Å². The number of carbonyl (C=O) groups is 2. The van der Waals surface area contributed by atoms with E-state index in [1.165, 1.54) is 0 Å². The minimum atomic E-state index is -0.852. The molecule has 27 heavy (non-hydrogen) atoms. The van der Waals surface area contributed by atoms with E-state index in [9.17, 15) is 9.59 Å². The van der Waals surface area contributed by atoms with Crippen molar-refractivity contribution in [2.24, 2.45) is 0 Å². The Bertz CT molecular complexity index is 802. The molecule has 0 spiro atoms. The zero-order valence-corrected chi connectivity index (χ0v) is 15.5. The van der Waals surface area contributed by atoms with Crippen LogP contribution in [0, 0.1) is 6.92 Å². The second-order valence-corrected chi connectivity index (χ2v) is 7.03. The molecule has 1 saturated heterocycles. The number of hydrogen-bond donors (Lipinski definition) is 2. The molecule has 0 aliphatic carbocycles. The molecule has 1 fully saturated rings. The van der Waals surface area contributed by atoms with Gasteiger partial charge in [-0.3, -0.25) is 14.5 Å². The van der Waals surface area contributed by atoms with Crippen LogP contribution in [0.4, 0.5) is 0 Å². The van der Waals surface area contributed by atoms with Crippen molar-refractivity contribution in [1.29, 1.82) is 0 Å². The molecule has 144 valence electrons. The number of carbonyl (C=O) groups excluding carboxylic acids is 1. The average molecular weight is 372 g/mol. The van der Waals surface area contributed by atoms with Crippen LogP contribution in [0.3, 0.4) is 0 Å². The summed E-state index contributed by atoms with van der Waals surface area (Å²) in [7, 11) is 1.76. The molecule has 2 atom stereocenters. The number of likely N-dealkylation sites (tertiary alicyclic amines) is 1. The zero-order valence-electron chi connectivity index (χ0n) is 15.5. The van der Waals surface area contributed by atoms with Crippen molar-refractivity contribution in [3.63, 3.8) is 0 Å². The molecular formula is C19H24N4O4. The third kappa shape index (κ3) is 4.91. The van der Waals surface area contributed by atoms with Gasteiger partial charge in [-0.15, -0.1) is 0 Å². The molecular weight excluding hydrogens is 348 g/mol. The highest BCUT2D eigenvalue weighted by molar-refractivity contribution is 5.77. The number of rotatable bonds is 7. The van der Waals surface area contributed by atoms with Gasteiger partial charge in [-0.25, -0.2) is 0 Å². The molecule has 2 N–H and O–H groups in total. The summed E-state index contributed by atoms with van der Waals surface area (Å²) in [6, 6.07) is 7.21. The van der Waals surface area contributed by atoms with Crippen molar-refractivity contribution in [2.45, 2.75) is 44.7 Å². The van der Waals surface area contributed by atoms with Crippen molar-refractivity contribution in [3.8, 4) is 11.4 Å². The summed E-state index contributed by atoms with van der Waals surface area (Å²) in [5.74, 6) is 0.112. The molecule has 1 aliphatic heterocycles. The molecule has 0 bridgehead atoms. The van der Waals surface area contributed by atoms with Gasteiger partial charge in [0.05, 0.1) is 0 Å². The molecule has 0 radical (unpaired) electrons. The zero-order chi connectivity index (χ0) is 19.4. The van der Waals surface area contributed by atoms with Crippen LogP contribution in [-0.4, -0.2) is 57.7 Å². The molecule has 1 aromatic carbocycles. The fourth-order valence-corrected chi connectivity index (χ4v) is 3.27. The predicted octanol–water partition coefficient (Wildman–Crippen LogP) is 1.64. The SMILES string of the molecule is Cc1ccc(-c2noc(CCCC(=O)N[C@H]3C[C@@H](C(=O)O)N(C)C3)n2)cc1. The van der Waals surface area contributed by atoms with E-state index in [4.69, 9.17) is 9.63 Å². The number of nitrogens with one attached hydrogen (secondary N) is 1. The van der Waals surface area contributed by atoms with E-state index in [0.717, 1.165) is 11.1 Å². The van der Waals surface area contributed by atoms with Crippen LogP contribution in [0.15, 0.2) is 28.8 Å². The Morgan fingerprint density at radius 2 is 2.07 bits per heavy atom. The van der Waals surface area contributed by atoms with E-state index in [1.807, 2.05) is 31.2 Å². The number of aliphatic carboxylic acids is 1. The Kier molecular flexibility index (Phi) is 5.85. The average Bonchev–Trinajstić information content (AvgIpc) is 3.22. The van der Waals surface area contributed by atoms with E-state index in [1.54, 1.807) is 11.9 Å². The molecule has 8 nitrogen and oxygen atoms in total. The summed E-state index contributed by atoms with van der Waals surface area (Å²) in [6.07, 6.45) is 1.88. The lowest BCUT2D eigenvalue weighted by Gasteiger charge is -2.13. The Hall–Kier alpha value is -2.74. The largest absolute Gasteiger partial charge is 0.480 e. The molecule has 8 heteroatoms. The Balaban J connectivity index is 1.43. The number of benzene rings is 1. The minimum absolute atomic E-state index is 0.0855. The third-order valence-electron chi connectivity index (χ3n) is 4.77. The number of amides is 1. The Morgan fingerprint density at radius 1 is 1.33 bits per heavy atom. The number of likely N-dealkylation sites (N-methyl/N-ethyl adjacent to an activating group) is 1. The summed E-state index contributed by atoms with van der Waals surface area (Å²) in [6.45, 7) is 2.56. The first-order chi connectivity index (χ1) is 12.9. The highest BCUT2D eigenvalue weighted by Gasteiger charge is 2.34. The maximum atomic E-state index is 12.1. The van der Waals surface area contributed by atoms with Gasteiger partial charge in [-0.05, 0) is 26.8 Å². The van der Waals surface area contributed by atoms with Crippen LogP contribution >= 0.6 is 0 Å². The van der Waals surface area contributed by atoms with Gasteiger partial charge >= 0.3 is 5.97 Å². The van der Waals surface area contributed by atoms with E-state index in [0.29, 0.717) is 43.9 Å². The maximum Gasteiger partial charge on any atom is 0.320 e. The fraction of sp³-hybridized carbons (Fsp3) is 0.474. The van der Waals surface area contributed by atoms with Gasteiger partial charge in [0, 0.05) is 31.0 Å². The van der Waals surface area contributed by atoms with E-state index in [-0.39, 0.29) is 11.9 Å². The summed E-state index contributed by atoms with van der Waals surface area (Å²) in [5.41, 5.74) is 2.06. The number of nitrogens with zero attached hydrogens (tertiary/aromatic N) is 3. The summed E-state index contributed by atoms with van der Waals surface area (Å²) < 4.78 is 5.25. The van der Waals surface area contributed by atoms with E-state index < -0.39 is 12.0 Å². The fourth-order valence-electron chi connectivity index (χ4n) is 3.27. The monoisotopic (exact) mass is 372 g/mol. The van der Waals surface area contributed by atoms with E-state index in [2.05, 4.69) is 15.5 Å². The Labute approximate surface area is 157 Å². The molecule has 3 rings (SSSR count). The smallest absolute Gasteiger partial charge is 0.320 e. The number of aryl methyl sites for hydroxylation is 2. The molecule has 1 aromatic heterocycles. The molecule has 0 saturated carbocycles. The van der Waals surface area contributed by atoms with E-state index >= 15 is 0 Å². The van der Waals surface area contributed by atoms with Crippen LogP contribution in [-0.2, 0) is 16.0 Å². The summed E-state index contributed by atoms with van der Waals surface area (Å²) in [5, 5.41) is 16.0. The van der Waals surface area contributed by atoms with Crippen LogP contribution < -0.4 is 5.32 Å². The van der Waals surface area contributed by atoms with Crippen molar-refractivity contribution in [2.75, 3.05) is 13.6 Å². The van der Waals surface area contributed by atoms with Crippen LogP contribution in [0.5, 0.6) is 0 Å². The van der Waals surface area contributed by atoms with Crippen molar-refractivity contribution < 1.29 is 19.2 Å². The van der Waals surface area contributed by atoms with Gasteiger partial charge in [0.2, 0.25) is 17.6 Å². The van der Waals surface area contributed by atoms with Crippen molar-refractivity contribution >= 4 is 11.9 Å². The van der Waals surface area contributed by atoms with Gasteiger partial charge < -0.3 is 14.9 Å². The Morgan fingerprint density at radius 3 is 2.74 bits per heavy atom. The normalized spacial score (nSPS) is 19.9. The van der Waals surface area contributed by atoms with Gasteiger partial charge in [0.15, 0.2) is 0 Å². The highest BCUT2D eigenvalue weighted by Crippen LogP contribution is 2.18. The van der Waals surface area contributed by atoms with Crippen molar-refractivity contribution in [1.82, 2.24) is 20.4 Å². The lowest BCUT2D eigenvalue weighted by atomic mass is 10.1. The summed E-state index contributed by atoms with van der Waals surface area (Å²) in [4.78, 5) is 29.3. The first-order valence-electron chi connectivity index (χ1n) is 9.04. The van der Waals surface area contributed by atoms with Gasteiger partial charge in [-0.1, -0.05) is 35.0 Å². The number of aromatic nitrogens is 2. The molecule has 2 heterocycles. The van der Waals surface area contributed by atoms with Crippen LogP contribution in [0.2, 0.25) is 0 Å². The topological polar surface area (TPSA) is 109 Å². The number of hydrogen-bond acceptors (Lipinski definition) is 6. The second kappa shape index (κ2) is 8.30.